The normalized spacial score (nSPS) is 19.5. The fourth-order valence-corrected chi connectivity index (χ4v) is 4.55. The summed E-state index contributed by atoms with van der Waals surface area (Å²) in [4.78, 5) is 28.0. The van der Waals surface area contributed by atoms with Crippen molar-refractivity contribution < 1.29 is 4.79 Å². The molecule has 30 heavy (non-hydrogen) atoms. The van der Waals surface area contributed by atoms with Gasteiger partial charge in [-0.1, -0.05) is 31.2 Å². The summed E-state index contributed by atoms with van der Waals surface area (Å²) in [7, 11) is 1.78. The van der Waals surface area contributed by atoms with Gasteiger partial charge >= 0.3 is 0 Å². The van der Waals surface area contributed by atoms with Gasteiger partial charge in [-0.25, -0.2) is 0 Å². The first-order valence-corrected chi connectivity index (χ1v) is 10.6. The number of carbonyl (C=O) groups is 1. The van der Waals surface area contributed by atoms with Crippen LogP contribution in [0.2, 0.25) is 0 Å². The number of rotatable bonds is 5. The Balaban J connectivity index is 1.55. The Morgan fingerprint density at radius 3 is 2.87 bits per heavy atom. The molecule has 0 radical (unpaired) electrons. The highest BCUT2D eigenvalue weighted by Crippen LogP contribution is 2.35. The summed E-state index contributed by atoms with van der Waals surface area (Å²) < 4.78 is 0. The lowest BCUT2D eigenvalue weighted by molar-refractivity contribution is -0.133. The van der Waals surface area contributed by atoms with Gasteiger partial charge in [0.15, 0.2) is 0 Å². The molecule has 1 aromatic carbocycles. The molecule has 1 amide bonds. The molecule has 0 spiro atoms. The zero-order chi connectivity index (χ0) is 20.9. The molecule has 154 valence electrons. The summed E-state index contributed by atoms with van der Waals surface area (Å²) in [5.41, 5.74) is 4.40. The van der Waals surface area contributed by atoms with Gasteiger partial charge in [-0.2, -0.15) is 0 Å². The number of aliphatic imine (C=N–C) groups is 1. The van der Waals surface area contributed by atoms with E-state index in [1.807, 2.05) is 36.8 Å². The molecule has 2 atom stereocenters. The first-order valence-electron chi connectivity index (χ1n) is 10.6. The van der Waals surface area contributed by atoms with E-state index in [0.717, 1.165) is 48.0 Å². The molecule has 3 heterocycles. The summed E-state index contributed by atoms with van der Waals surface area (Å²) in [6, 6.07) is 12.4. The third-order valence-corrected chi connectivity index (χ3v) is 5.91. The maximum absolute atomic E-state index is 13.0. The molecule has 4 rings (SSSR count). The lowest BCUT2D eigenvalue weighted by Gasteiger charge is -2.37. The van der Waals surface area contributed by atoms with Crippen molar-refractivity contribution in [3.05, 3.63) is 71.7 Å². The number of hydrogen-bond donors (Lipinski definition) is 0. The predicted molar refractivity (Wildman–Crippen MR) is 121 cm³/mol. The number of benzene rings is 1. The van der Waals surface area contributed by atoms with E-state index in [2.05, 4.69) is 45.0 Å². The molecule has 1 fully saturated rings. The molecule has 3 aromatic rings. The number of nitrogens with zero attached hydrogens (tertiary/aromatic N) is 4. The maximum atomic E-state index is 13.0. The molecule has 1 aliphatic rings. The highest BCUT2D eigenvalue weighted by molar-refractivity contribution is 5.99. The SMILES string of the molecule is CN=Cc1ccc(C2CC(C)CN(C(=O)CCc3cccnc3)C2)c2cccnc12. The fraction of sp³-hybridized carbons (Fsp3) is 0.360. The van der Waals surface area contributed by atoms with Crippen LogP contribution in [0.3, 0.4) is 0 Å². The second-order valence-electron chi connectivity index (χ2n) is 8.23. The van der Waals surface area contributed by atoms with E-state index >= 15 is 0 Å². The quantitative estimate of drug-likeness (QED) is 0.601. The van der Waals surface area contributed by atoms with E-state index in [-0.39, 0.29) is 5.91 Å². The highest BCUT2D eigenvalue weighted by Gasteiger charge is 2.29. The first-order chi connectivity index (χ1) is 14.7. The average molecular weight is 401 g/mol. The predicted octanol–water partition coefficient (Wildman–Crippen LogP) is 4.26. The third kappa shape index (κ3) is 4.40. The molecular weight excluding hydrogens is 372 g/mol. The number of fused-ring (bicyclic) bond motifs is 1. The third-order valence-electron chi connectivity index (χ3n) is 5.91. The van der Waals surface area contributed by atoms with Crippen molar-refractivity contribution in [3.63, 3.8) is 0 Å². The van der Waals surface area contributed by atoms with Gasteiger partial charge in [0.25, 0.3) is 0 Å². The molecule has 2 aromatic heterocycles. The molecule has 5 heteroatoms. The molecular formula is C25H28N4O. The highest BCUT2D eigenvalue weighted by atomic mass is 16.2. The van der Waals surface area contributed by atoms with Crippen LogP contribution in [0.5, 0.6) is 0 Å². The van der Waals surface area contributed by atoms with Gasteiger partial charge in [0, 0.05) is 68.2 Å². The van der Waals surface area contributed by atoms with Crippen LogP contribution in [0.4, 0.5) is 0 Å². The average Bonchev–Trinajstić information content (AvgIpc) is 2.78. The van der Waals surface area contributed by atoms with Gasteiger partial charge in [-0.05, 0) is 42.0 Å². The molecule has 1 saturated heterocycles. The standard InChI is InChI=1S/C25H28N4O/c1-18-13-21(17-29(16-18)24(30)10-7-19-5-3-11-27-14-19)22-9-8-20(15-26-2)25-23(22)6-4-12-28-25/h3-6,8-9,11-12,14-15,18,21H,7,10,13,16-17H2,1-2H3. The first kappa shape index (κ1) is 20.2. The second-order valence-corrected chi connectivity index (χ2v) is 8.23. The molecule has 0 bridgehead atoms. The van der Waals surface area contributed by atoms with Crippen LogP contribution in [-0.4, -0.2) is 47.1 Å². The summed E-state index contributed by atoms with van der Waals surface area (Å²) in [5, 5.41) is 1.16. The number of hydrogen-bond acceptors (Lipinski definition) is 4. The van der Waals surface area contributed by atoms with Crippen LogP contribution in [0.25, 0.3) is 10.9 Å². The van der Waals surface area contributed by atoms with Crippen molar-refractivity contribution in [3.8, 4) is 0 Å². The fourth-order valence-electron chi connectivity index (χ4n) is 4.55. The van der Waals surface area contributed by atoms with Crippen molar-refractivity contribution in [2.24, 2.45) is 10.9 Å². The van der Waals surface area contributed by atoms with Gasteiger partial charge < -0.3 is 4.90 Å². The van der Waals surface area contributed by atoms with Crippen LogP contribution in [0, 0.1) is 5.92 Å². The lowest BCUT2D eigenvalue weighted by atomic mass is 9.83. The molecule has 0 saturated carbocycles. The van der Waals surface area contributed by atoms with Crippen LogP contribution >= 0.6 is 0 Å². The largest absolute Gasteiger partial charge is 0.342 e. The summed E-state index contributed by atoms with van der Waals surface area (Å²) >= 11 is 0. The minimum atomic E-state index is 0.229. The number of amides is 1. The van der Waals surface area contributed by atoms with Gasteiger partial charge in [-0.3, -0.25) is 19.8 Å². The monoisotopic (exact) mass is 400 g/mol. The van der Waals surface area contributed by atoms with Crippen molar-refractivity contribution in [1.29, 1.82) is 0 Å². The van der Waals surface area contributed by atoms with Gasteiger partial charge in [0.05, 0.1) is 5.52 Å². The number of pyridine rings is 2. The summed E-state index contributed by atoms with van der Waals surface area (Å²) in [6.45, 7) is 3.84. The Kier molecular flexibility index (Phi) is 6.17. The number of aromatic nitrogens is 2. The topological polar surface area (TPSA) is 58.5 Å². The maximum Gasteiger partial charge on any atom is 0.222 e. The van der Waals surface area contributed by atoms with E-state index in [9.17, 15) is 4.79 Å². The Bertz CT molecular complexity index is 1050. The van der Waals surface area contributed by atoms with E-state index in [1.54, 1.807) is 13.2 Å². The van der Waals surface area contributed by atoms with Crippen LogP contribution < -0.4 is 0 Å². The number of carbonyl (C=O) groups excluding carboxylic acids is 1. The Morgan fingerprint density at radius 2 is 2.07 bits per heavy atom. The lowest BCUT2D eigenvalue weighted by Crippen LogP contribution is -2.42. The van der Waals surface area contributed by atoms with E-state index in [0.29, 0.717) is 18.3 Å². The molecule has 2 unspecified atom stereocenters. The van der Waals surface area contributed by atoms with E-state index < -0.39 is 0 Å². The minimum Gasteiger partial charge on any atom is -0.342 e. The zero-order valence-electron chi connectivity index (χ0n) is 17.7. The van der Waals surface area contributed by atoms with E-state index in [1.165, 1.54) is 5.56 Å². The van der Waals surface area contributed by atoms with Gasteiger partial charge in [-0.15, -0.1) is 0 Å². The van der Waals surface area contributed by atoms with Crippen molar-refractivity contribution in [2.45, 2.75) is 32.1 Å². The smallest absolute Gasteiger partial charge is 0.222 e. The number of likely N-dealkylation sites (tertiary alicyclic amines) is 1. The number of piperidine rings is 1. The summed E-state index contributed by atoms with van der Waals surface area (Å²) in [6.07, 6.45) is 9.64. The Labute approximate surface area is 177 Å². The van der Waals surface area contributed by atoms with Crippen molar-refractivity contribution in [1.82, 2.24) is 14.9 Å². The minimum absolute atomic E-state index is 0.229. The molecule has 1 aliphatic heterocycles. The van der Waals surface area contributed by atoms with Crippen LogP contribution in [0.1, 0.15) is 42.4 Å². The Hall–Kier alpha value is -3.08. The summed E-state index contributed by atoms with van der Waals surface area (Å²) in [5.74, 6) is 1.01. The molecule has 0 aliphatic carbocycles. The van der Waals surface area contributed by atoms with E-state index in [4.69, 9.17) is 0 Å². The second kappa shape index (κ2) is 9.16. The number of aryl methyl sites for hydroxylation is 1. The van der Waals surface area contributed by atoms with Gasteiger partial charge in [0.1, 0.15) is 0 Å². The van der Waals surface area contributed by atoms with Crippen LogP contribution in [-0.2, 0) is 11.2 Å². The van der Waals surface area contributed by atoms with Crippen molar-refractivity contribution >= 4 is 23.0 Å². The van der Waals surface area contributed by atoms with Crippen LogP contribution in [0.15, 0.2) is 60.0 Å². The zero-order valence-corrected chi connectivity index (χ0v) is 17.7. The van der Waals surface area contributed by atoms with Crippen molar-refractivity contribution in [2.75, 3.05) is 20.1 Å². The molecule has 5 nitrogen and oxygen atoms in total. The van der Waals surface area contributed by atoms with Gasteiger partial charge in [0.2, 0.25) is 5.91 Å². The molecule has 0 N–H and O–H groups in total. The Morgan fingerprint density at radius 1 is 1.20 bits per heavy atom.